The Morgan fingerprint density at radius 1 is 1.07 bits per heavy atom. The van der Waals surface area contributed by atoms with Gasteiger partial charge in [-0.3, -0.25) is 4.79 Å². The standard InChI is InChI=1S/C24H18FN3O2/c1-30-22-8-4-7-20(27-22)23-19-6-3-2-5-16(19)9-10-17-11-12-18(15-21(17)28-23)24(29)26-14-13-25/h2-8,11-12,15H,13-14H2,1H3,(H,26,29)/b23-19?,28-21?,28-23+. The lowest BCUT2D eigenvalue weighted by Crippen LogP contribution is -2.25. The van der Waals surface area contributed by atoms with Crippen LogP contribution in [0.25, 0.3) is 0 Å². The van der Waals surface area contributed by atoms with Crippen LogP contribution in [0.5, 0.6) is 5.88 Å². The van der Waals surface area contributed by atoms with E-state index in [1.807, 2.05) is 36.4 Å². The molecule has 2 heterocycles. The Bertz CT molecular complexity index is 1210. The van der Waals surface area contributed by atoms with Gasteiger partial charge in [0, 0.05) is 29.3 Å². The predicted molar refractivity (Wildman–Crippen MR) is 113 cm³/mol. The predicted octanol–water partition coefficient (Wildman–Crippen LogP) is 3.67. The Kier molecular flexibility index (Phi) is 5.53. The van der Waals surface area contributed by atoms with E-state index in [4.69, 9.17) is 9.73 Å². The second-order valence-corrected chi connectivity index (χ2v) is 6.50. The van der Waals surface area contributed by atoms with E-state index >= 15 is 0 Å². The maximum absolute atomic E-state index is 12.4. The molecule has 0 saturated carbocycles. The van der Waals surface area contributed by atoms with Crippen molar-refractivity contribution in [2.75, 3.05) is 20.3 Å². The number of alkyl halides is 1. The first-order valence-electron chi connectivity index (χ1n) is 9.39. The molecule has 0 radical (unpaired) electrons. The first-order chi connectivity index (χ1) is 14.7. The van der Waals surface area contributed by atoms with Crippen molar-refractivity contribution in [3.8, 4) is 17.7 Å². The van der Waals surface area contributed by atoms with E-state index in [0.29, 0.717) is 34.1 Å². The number of hydrogen-bond acceptors (Lipinski definition) is 4. The van der Waals surface area contributed by atoms with E-state index in [9.17, 15) is 9.18 Å². The molecule has 1 aliphatic rings. The molecule has 1 aliphatic heterocycles. The minimum Gasteiger partial charge on any atom is -0.481 e. The number of nitrogens with zero attached hydrogens (tertiary/aromatic N) is 2. The summed E-state index contributed by atoms with van der Waals surface area (Å²) in [7, 11) is 1.56. The van der Waals surface area contributed by atoms with Gasteiger partial charge in [-0.2, -0.15) is 0 Å². The number of benzene rings is 2. The summed E-state index contributed by atoms with van der Waals surface area (Å²) in [4.78, 5) is 21.7. The van der Waals surface area contributed by atoms with E-state index in [0.717, 1.165) is 11.1 Å². The molecule has 0 atom stereocenters. The van der Waals surface area contributed by atoms with Crippen molar-refractivity contribution in [2.45, 2.75) is 0 Å². The number of rotatable bonds is 5. The van der Waals surface area contributed by atoms with Gasteiger partial charge in [0.1, 0.15) is 6.67 Å². The highest BCUT2D eigenvalue weighted by Crippen LogP contribution is 2.27. The van der Waals surface area contributed by atoms with E-state index in [1.165, 1.54) is 0 Å². The molecular weight excluding hydrogens is 381 g/mol. The van der Waals surface area contributed by atoms with E-state index in [1.54, 1.807) is 31.4 Å². The summed E-state index contributed by atoms with van der Waals surface area (Å²) in [5.74, 6) is 6.44. The number of carbonyl (C=O) groups excluding carboxylic acids is 1. The van der Waals surface area contributed by atoms with Crippen molar-refractivity contribution in [3.63, 3.8) is 0 Å². The topological polar surface area (TPSA) is 63.6 Å². The molecule has 1 aromatic heterocycles. The lowest BCUT2D eigenvalue weighted by Gasteiger charge is -2.13. The Labute approximate surface area is 173 Å². The van der Waals surface area contributed by atoms with Crippen LogP contribution in [-0.2, 0) is 0 Å². The van der Waals surface area contributed by atoms with Gasteiger partial charge < -0.3 is 10.1 Å². The highest BCUT2D eigenvalue weighted by molar-refractivity contribution is 6.14. The number of pyridine rings is 1. The zero-order valence-electron chi connectivity index (χ0n) is 16.3. The van der Waals surface area contributed by atoms with Crippen LogP contribution in [0.15, 0.2) is 65.7 Å². The van der Waals surface area contributed by atoms with Gasteiger partial charge in [0.25, 0.3) is 5.91 Å². The van der Waals surface area contributed by atoms with E-state index in [-0.39, 0.29) is 12.5 Å². The Morgan fingerprint density at radius 3 is 2.73 bits per heavy atom. The van der Waals surface area contributed by atoms with Crippen LogP contribution in [0.1, 0.15) is 32.7 Å². The normalized spacial score (nSPS) is 13.3. The summed E-state index contributed by atoms with van der Waals surface area (Å²) in [6.07, 6.45) is 0. The molecule has 2 aromatic carbocycles. The van der Waals surface area contributed by atoms with Crippen LogP contribution in [0.4, 0.5) is 10.1 Å². The molecule has 0 saturated heterocycles. The number of ether oxygens (including phenoxy) is 1. The smallest absolute Gasteiger partial charge is 0.251 e. The molecule has 3 aromatic rings. The van der Waals surface area contributed by atoms with Crippen molar-refractivity contribution >= 4 is 17.3 Å². The number of nitrogens with one attached hydrogen (secondary N) is 1. The average molecular weight is 399 g/mol. The number of halogens is 1. The zero-order valence-corrected chi connectivity index (χ0v) is 16.3. The molecule has 0 fully saturated rings. The van der Waals surface area contributed by atoms with Gasteiger partial charge in [0.2, 0.25) is 5.88 Å². The first-order valence-corrected chi connectivity index (χ1v) is 9.39. The van der Waals surface area contributed by atoms with Gasteiger partial charge in [-0.25, -0.2) is 14.4 Å². The van der Waals surface area contributed by atoms with Crippen molar-refractivity contribution in [1.29, 1.82) is 0 Å². The fourth-order valence-corrected chi connectivity index (χ4v) is 3.10. The van der Waals surface area contributed by atoms with Gasteiger partial charge in [0.15, 0.2) is 0 Å². The number of amides is 1. The van der Waals surface area contributed by atoms with Gasteiger partial charge in [-0.15, -0.1) is 0 Å². The zero-order chi connectivity index (χ0) is 20.9. The first kappa shape index (κ1) is 19.3. The largest absolute Gasteiger partial charge is 0.481 e. The fourth-order valence-electron chi connectivity index (χ4n) is 3.10. The van der Waals surface area contributed by atoms with Crippen LogP contribution in [0, 0.1) is 11.8 Å². The van der Waals surface area contributed by atoms with E-state index < -0.39 is 6.67 Å². The number of carbonyl (C=O) groups is 1. The van der Waals surface area contributed by atoms with Crippen LogP contribution in [0.3, 0.4) is 0 Å². The minimum atomic E-state index is -0.622. The number of aliphatic imine (C=N–C) groups is 1. The summed E-state index contributed by atoms with van der Waals surface area (Å²) in [5.41, 5.74) is 4.54. The minimum absolute atomic E-state index is 0.0364. The van der Waals surface area contributed by atoms with Crippen LogP contribution < -0.4 is 10.1 Å². The lowest BCUT2D eigenvalue weighted by atomic mass is 9.98. The van der Waals surface area contributed by atoms with Crippen LogP contribution >= 0.6 is 0 Å². The van der Waals surface area contributed by atoms with Crippen molar-refractivity contribution in [3.05, 3.63) is 88.6 Å². The second-order valence-electron chi connectivity index (χ2n) is 6.50. The van der Waals surface area contributed by atoms with Gasteiger partial charge in [-0.1, -0.05) is 36.1 Å². The fraction of sp³-hybridized carbons (Fsp3) is 0.125. The molecule has 4 rings (SSSR count). The SMILES string of the molecule is COc1cccc(/C2=N/c3cc(C(=O)NCCF)ccc3C#Cc3ccccc32)n1. The summed E-state index contributed by atoms with van der Waals surface area (Å²) in [6.45, 7) is -0.659. The molecule has 0 spiro atoms. The average Bonchev–Trinajstić information content (AvgIpc) is 2.78. The summed E-state index contributed by atoms with van der Waals surface area (Å²) in [6, 6.07) is 18.2. The molecule has 0 bridgehead atoms. The maximum Gasteiger partial charge on any atom is 0.251 e. The van der Waals surface area contributed by atoms with Gasteiger partial charge >= 0.3 is 0 Å². The van der Waals surface area contributed by atoms with Crippen molar-refractivity contribution < 1.29 is 13.9 Å². The van der Waals surface area contributed by atoms with E-state index in [2.05, 4.69) is 22.1 Å². The lowest BCUT2D eigenvalue weighted by molar-refractivity contribution is 0.0951. The Morgan fingerprint density at radius 2 is 1.90 bits per heavy atom. The van der Waals surface area contributed by atoms with Crippen molar-refractivity contribution in [1.82, 2.24) is 10.3 Å². The maximum atomic E-state index is 12.4. The number of hydrogen-bond donors (Lipinski definition) is 1. The molecule has 0 aliphatic carbocycles. The second kappa shape index (κ2) is 8.58. The highest BCUT2D eigenvalue weighted by atomic mass is 19.1. The number of methoxy groups -OCH3 is 1. The molecule has 148 valence electrons. The highest BCUT2D eigenvalue weighted by Gasteiger charge is 2.17. The summed E-state index contributed by atoms with van der Waals surface area (Å²) < 4.78 is 17.7. The molecule has 6 heteroatoms. The molecule has 5 nitrogen and oxygen atoms in total. The third-order valence-electron chi connectivity index (χ3n) is 4.56. The number of aromatic nitrogens is 1. The third-order valence-corrected chi connectivity index (χ3v) is 4.56. The quantitative estimate of drug-likeness (QED) is 0.521. The van der Waals surface area contributed by atoms with Crippen LogP contribution in [0.2, 0.25) is 0 Å². The van der Waals surface area contributed by atoms with Gasteiger partial charge in [-0.05, 0) is 30.3 Å². The molecular formula is C24H18FN3O2. The summed E-state index contributed by atoms with van der Waals surface area (Å²) in [5, 5.41) is 2.53. The summed E-state index contributed by atoms with van der Waals surface area (Å²) >= 11 is 0. The Balaban J connectivity index is 1.89. The monoisotopic (exact) mass is 399 g/mol. The molecule has 1 N–H and O–H groups in total. The van der Waals surface area contributed by atoms with Gasteiger partial charge in [0.05, 0.1) is 29.8 Å². The molecule has 30 heavy (non-hydrogen) atoms. The third kappa shape index (κ3) is 3.91. The van der Waals surface area contributed by atoms with Crippen LogP contribution in [-0.4, -0.2) is 36.9 Å². The van der Waals surface area contributed by atoms with Crippen molar-refractivity contribution in [2.24, 2.45) is 4.99 Å². The number of fused-ring (bicyclic) bond motifs is 2. The molecule has 1 amide bonds. The molecule has 0 unspecified atom stereocenters. The Hall–Kier alpha value is -3.98.